The lowest BCUT2D eigenvalue weighted by molar-refractivity contribution is 0.478. The minimum Gasteiger partial charge on any atom is -0.330 e. The number of hydrogen-bond donors (Lipinski definition) is 1. The maximum absolute atomic E-state index is 6.33. The van der Waals surface area contributed by atoms with E-state index in [9.17, 15) is 0 Å². The average Bonchev–Trinajstić information content (AvgIpc) is 2.88. The number of rotatable bonds is 5. The Hall–Kier alpha value is -1.61. The lowest BCUT2D eigenvalue weighted by Gasteiger charge is -2.20. The van der Waals surface area contributed by atoms with Gasteiger partial charge in [0.05, 0.1) is 24.3 Å². The molecule has 3 nitrogen and oxygen atoms in total. The van der Waals surface area contributed by atoms with Gasteiger partial charge in [-0.3, -0.25) is 0 Å². The molecule has 0 saturated heterocycles. The Labute approximate surface area is 109 Å². The first-order valence-electron chi connectivity index (χ1n) is 6.56. The molecule has 0 fully saturated rings. The molecule has 0 aliphatic carbocycles. The molecule has 0 radical (unpaired) electrons. The molecule has 2 unspecified atom stereocenters. The largest absolute Gasteiger partial charge is 0.330 e. The smallest absolute Gasteiger partial charge is 0.0951 e. The first kappa shape index (κ1) is 12.8. The quantitative estimate of drug-likeness (QED) is 0.875. The monoisotopic (exact) mass is 243 g/mol. The van der Waals surface area contributed by atoms with Crippen molar-refractivity contribution in [3.8, 4) is 0 Å². The van der Waals surface area contributed by atoms with Gasteiger partial charge in [0.2, 0.25) is 0 Å². The number of nitrogens with zero attached hydrogens (tertiary/aromatic N) is 2. The molecule has 1 aromatic heterocycles. The molecule has 0 aliphatic heterocycles. The van der Waals surface area contributed by atoms with Crippen molar-refractivity contribution in [1.29, 1.82) is 0 Å². The Morgan fingerprint density at radius 1 is 1.28 bits per heavy atom. The summed E-state index contributed by atoms with van der Waals surface area (Å²) < 4.78 is 2.20. The van der Waals surface area contributed by atoms with E-state index in [1.54, 1.807) is 0 Å². The Morgan fingerprint density at radius 3 is 2.67 bits per heavy atom. The number of imidazole rings is 1. The second-order valence-electron chi connectivity index (χ2n) is 4.75. The molecule has 0 amide bonds. The van der Waals surface area contributed by atoms with Gasteiger partial charge in [0, 0.05) is 6.04 Å². The summed E-state index contributed by atoms with van der Waals surface area (Å²) in [5.74, 6) is 0. The summed E-state index contributed by atoms with van der Waals surface area (Å²) in [6.07, 6.45) is 6.08. The van der Waals surface area contributed by atoms with E-state index in [1.165, 1.54) is 6.42 Å². The van der Waals surface area contributed by atoms with Crippen LogP contribution in [0.2, 0.25) is 0 Å². The van der Waals surface area contributed by atoms with Crippen LogP contribution in [0.4, 0.5) is 0 Å². The first-order chi connectivity index (χ1) is 8.74. The van der Waals surface area contributed by atoms with E-state index in [0.717, 1.165) is 17.7 Å². The molecular weight excluding hydrogens is 222 g/mol. The van der Waals surface area contributed by atoms with E-state index in [0.29, 0.717) is 6.04 Å². The second kappa shape index (κ2) is 5.83. The maximum Gasteiger partial charge on any atom is 0.0951 e. The Kier molecular flexibility index (Phi) is 4.15. The van der Waals surface area contributed by atoms with Crippen LogP contribution in [0, 0.1) is 0 Å². The lowest BCUT2D eigenvalue weighted by atomic mass is 10.0. The fourth-order valence-electron chi connectivity index (χ4n) is 2.31. The summed E-state index contributed by atoms with van der Waals surface area (Å²) in [6, 6.07) is 10.5. The van der Waals surface area contributed by atoms with Gasteiger partial charge in [0.1, 0.15) is 0 Å². The standard InChI is InChI=1S/C15H21N3/c1-3-7-12(2)18-11-17-10-14(18)15(16)13-8-5-4-6-9-13/h4-6,8-12,15H,3,7,16H2,1-2H3. The van der Waals surface area contributed by atoms with Crippen molar-refractivity contribution in [2.45, 2.75) is 38.8 Å². The van der Waals surface area contributed by atoms with Crippen molar-refractivity contribution in [1.82, 2.24) is 9.55 Å². The molecule has 0 spiro atoms. The van der Waals surface area contributed by atoms with Crippen LogP contribution in [0.15, 0.2) is 42.9 Å². The third-order valence-corrected chi connectivity index (χ3v) is 3.35. The van der Waals surface area contributed by atoms with E-state index in [2.05, 4.69) is 35.5 Å². The second-order valence-corrected chi connectivity index (χ2v) is 4.75. The molecular formula is C15H21N3. The first-order valence-corrected chi connectivity index (χ1v) is 6.56. The molecule has 96 valence electrons. The fourth-order valence-corrected chi connectivity index (χ4v) is 2.31. The molecule has 1 heterocycles. The van der Waals surface area contributed by atoms with Gasteiger partial charge in [0.25, 0.3) is 0 Å². The summed E-state index contributed by atoms with van der Waals surface area (Å²) in [5.41, 5.74) is 8.55. The molecule has 3 heteroatoms. The predicted octanol–water partition coefficient (Wildman–Crippen LogP) is 3.29. The molecule has 2 N–H and O–H groups in total. The maximum atomic E-state index is 6.33. The van der Waals surface area contributed by atoms with E-state index in [-0.39, 0.29) is 6.04 Å². The van der Waals surface area contributed by atoms with Crippen LogP contribution in [0.5, 0.6) is 0 Å². The lowest BCUT2D eigenvalue weighted by Crippen LogP contribution is -2.18. The highest BCUT2D eigenvalue weighted by molar-refractivity contribution is 5.26. The van der Waals surface area contributed by atoms with Crippen LogP contribution in [-0.2, 0) is 0 Å². The minimum absolute atomic E-state index is 0.104. The van der Waals surface area contributed by atoms with Gasteiger partial charge in [-0.25, -0.2) is 4.98 Å². The number of hydrogen-bond acceptors (Lipinski definition) is 2. The third-order valence-electron chi connectivity index (χ3n) is 3.35. The van der Waals surface area contributed by atoms with Crippen LogP contribution < -0.4 is 5.73 Å². The Bertz CT molecular complexity index is 475. The summed E-state index contributed by atoms with van der Waals surface area (Å²) >= 11 is 0. The zero-order chi connectivity index (χ0) is 13.0. The van der Waals surface area contributed by atoms with Crippen molar-refractivity contribution in [3.05, 3.63) is 54.1 Å². The number of benzene rings is 1. The highest BCUT2D eigenvalue weighted by atomic mass is 15.1. The molecule has 2 atom stereocenters. The minimum atomic E-state index is -0.104. The van der Waals surface area contributed by atoms with Gasteiger partial charge < -0.3 is 10.3 Å². The van der Waals surface area contributed by atoms with Crippen LogP contribution in [0.1, 0.15) is 50.0 Å². The van der Waals surface area contributed by atoms with Crippen LogP contribution in [-0.4, -0.2) is 9.55 Å². The molecule has 0 aliphatic rings. The molecule has 1 aromatic carbocycles. The van der Waals surface area contributed by atoms with E-state index >= 15 is 0 Å². The van der Waals surface area contributed by atoms with E-state index in [1.807, 2.05) is 30.7 Å². The molecule has 0 saturated carbocycles. The highest BCUT2D eigenvalue weighted by Gasteiger charge is 2.16. The SMILES string of the molecule is CCCC(C)n1cncc1C(N)c1ccccc1. The molecule has 0 bridgehead atoms. The van der Waals surface area contributed by atoms with Crippen LogP contribution >= 0.6 is 0 Å². The topological polar surface area (TPSA) is 43.8 Å². The molecule has 2 aromatic rings. The molecule has 18 heavy (non-hydrogen) atoms. The van der Waals surface area contributed by atoms with Crippen LogP contribution in [0.25, 0.3) is 0 Å². The summed E-state index contributed by atoms with van der Waals surface area (Å²) in [5, 5.41) is 0. The average molecular weight is 243 g/mol. The predicted molar refractivity (Wildman–Crippen MR) is 74.3 cm³/mol. The Balaban J connectivity index is 2.26. The van der Waals surface area contributed by atoms with Gasteiger partial charge in [-0.1, -0.05) is 43.7 Å². The van der Waals surface area contributed by atoms with Crippen molar-refractivity contribution < 1.29 is 0 Å². The number of nitrogens with two attached hydrogens (primary N) is 1. The van der Waals surface area contributed by atoms with Gasteiger partial charge >= 0.3 is 0 Å². The normalized spacial score (nSPS) is 14.4. The van der Waals surface area contributed by atoms with Gasteiger partial charge in [-0.15, -0.1) is 0 Å². The number of aromatic nitrogens is 2. The highest BCUT2D eigenvalue weighted by Crippen LogP contribution is 2.23. The summed E-state index contributed by atoms with van der Waals surface area (Å²) in [4.78, 5) is 4.25. The van der Waals surface area contributed by atoms with Crippen molar-refractivity contribution in [2.24, 2.45) is 5.73 Å². The summed E-state index contributed by atoms with van der Waals surface area (Å²) in [6.45, 7) is 4.41. The van der Waals surface area contributed by atoms with E-state index < -0.39 is 0 Å². The van der Waals surface area contributed by atoms with Crippen molar-refractivity contribution >= 4 is 0 Å². The van der Waals surface area contributed by atoms with Gasteiger partial charge in [0.15, 0.2) is 0 Å². The third kappa shape index (κ3) is 2.62. The van der Waals surface area contributed by atoms with Crippen molar-refractivity contribution in [2.75, 3.05) is 0 Å². The fraction of sp³-hybridized carbons (Fsp3) is 0.400. The zero-order valence-corrected chi connectivity index (χ0v) is 11.1. The molecule has 2 rings (SSSR count). The Morgan fingerprint density at radius 2 is 2.00 bits per heavy atom. The van der Waals surface area contributed by atoms with Crippen LogP contribution in [0.3, 0.4) is 0 Å². The van der Waals surface area contributed by atoms with E-state index in [4.69, 9.17) is 5.73 Å². The van der Waals surface area contributed by atoms with Gasteiger partial charge in [-0.2, -0.15) is 0 Å². The van der Waals surface area contributed by atoms with Gasteiger partial charge in [-0.05, 0) is 18.9 Å². The zero-order valence-electron chi connectivity index (χ0n) is 11.1. The summed E-state index contributed by atoms with van der Waals surface area (Å²) in [7, 11) is 0. The van der Waals surface area contributed by atoms with Crippen molar-refractivity contribution in [3.63, 3.8) is 0 Å².